The number of hydrogen-bond donors (Lipinski definition) is 0. The third kappa shape index (κ3) is 4.09. The molecule has 38 heavy (non-hydrogen) atoms. The van der Waals surface area contributed by atoms with Gasteiger partial charge in [-0.25, -0.2) is 0 Å². The van der Waals surface area contributed by atoms with Gasteiger partial charge in [0.15, 0.2) is 0 Å². The summed E-state index contributed by atoms with van der Waals surface area (Å²) in [5.74, 6) is 1.61. The Morgan fingerprint density at radius 2 is 1.39 bits per heavy atom. The molecule has 182 valence electrons. The van der Waals surface area contributed by atoms with Crippen LogP contribution in [-0.4, -0.2) is 24.9 Å². The van der Waals surface area contributed by atoms with Crippen molar-refractivity contribution in [1.29, 1.82) is 0 Å². The molecule has 0 radical (unpaired) electrons. The molecule has 7 rings (SSSR count). The average Bonchev–Trinajstić information content (AvgIpc) is 2.93. The number of fused-ring (bicyclic) bond motifs is 2. The van der Waals surface area contributed by atoms with E-state index >= 15 is 0 Å². The number of ether oxygens (including phenoxy) is 1. The number of pyridine rings is 2. The van der Waals surface area contributed by atoms with E-state index in [2.05, 4.69) is 97.7 Å². The van der Waals surface area contributed by atoms with Crippen LogP contribution in [0.15, 0.2) is 109 Å². The monoisotopic (exact) mass is 556 g/mol. The van der Waals surface area contributed by atoms with Gasteiger partial charge in [0.25, 0.3) is 0 Å². The Bertz CT molecular complexity index is 1840. The minimum atomic E-state index is 0.158. The molecule has 2 aromatic heterocycles. The van der Waals surface area contributed by atoms with Crippen molar-refractivity contribution in [3.63, 3.8) is 0 Å². The summed E-state index contributed by atoms with van der Waals surface area (Å²) < 4.78 is 9.21. The predicted molar refractivity (Wildman–Crippen MR) is 157 cm³/mol. The summed E-state index contributed by atoms with van der Waals surface area (Å²) in [6, 6.07) is 34.1. The maximum absolute atomic E-state index is 6.46. The number of nitrogens with zero attached hydrogens (tertiary/aromatic N) is 2. The first-order valence-electron chi connectivity index (χ1n) is 12.6. The molecule has 0 aliphatic carbocycles. The number of aromatic nitrogens is 2. The van der Waals surface area contributed by atoms with E-state index < -0.39 is 0 Å². The first kappa shape index (κ1) is 22.9. The second-order valence-electron chi connectivity index (χ2n) is 9.68. The van der Waals surface area contributed by atoms with E-state index in [-0.39, 0.29) is 15.0 Å². The van der Waals surface area contributed by atoms with Crippen LogP contribution in [0.4, 0.5) is 0 Å². The van der Waals surface area contributed by atoms with E-state index in [9.17, 15) is 0 Å². The molecule has 0 amide bonds. The van der Waals surface area contributed by atoms with Crippen molar-refractivity contribution >= 4 is 34.7 Å². The van der Waals surface area contributed by atoms with Crippen LogP contribution in [0.2, 0.25) is 0 Å². The first-order valence-corrected chi connectivity index (χ1v) is 14.4. The maximum atomic E-state index is 6.46. The normalized spacial score (nSPS) is 11.8. The van der Waals surface area contributed by atoms with Crippen LogP contribution < -0.4 is 13.7 Å². The molecule has 0 fully saturated rings. The number of benzene rings is 4. The SMILES string of the molecule is Cc1cc(Oc2cc(C)cc(-c3nccc4c3[Se]c3cccc5cccc-4c35)c2)cc(-c2ccccn2)c1. The average molecular weight is 556 g/mol. The van der Waals surface area contributed by atoms with Crippen LogP contribution in [0.25, 0.3) is 44.4 Å². The molecule has 0 saturated carbocycles. The van der Waals surface area contributed by atoms with Crippen molar-refractivity contribution in [2.24, 2.45) is 0 Å². The van der Waals surface area contributed by atoms with Gasteiger partial charge in [-0.1, -0.05) is 0 Å². The molecule has 0 saturated heterocycles. The molecule has 3 nitrogen and oxygen atoms in total. The number of rotatable bonds is 4. The summed E-state index contributed by atoms with van der Waals surface area (Å²) in [7, 11) is 0. The second-order valence-corrected chi connectivity index (χ2v) is 11.9. The zero-order valence-electron chi connectivity index (χ0n) is 21.1. The Balaban J connectivity index is 1.30. The van der Waals surface area contributed by atoms with E-state index in [4.69, 9.17) is 9.72 Å². The molecular weight excluding hydrogens is 531 g/mol. The van der Waals surface area contributed by atoms with Gasteiger partial charge in [0.05, 0.1) is 0 Å². The van der Waals surface area contributed by atoms with Gasteiger partial charge in [-0.05, 0) is 6.07 Å². The zero-order valence-corrected chi connectivity index (χ0v) is 22.8. The quantitative estimate of drug-likeness (QED) is 0.219. The fourth-order valence-corrected chi connectivity index (χ4v) is 7.89. The summed E-state index contributed by atoms with van der Waals surface area (Å²) in [4.78, 5) is 9.42. The van der Waals surface area contributed by atoms with Crippen LogP contribution in [0.5, 0.6) is 11.5 Å². The topological polar surface area (TPSA) is 35.0 Å². The molecule has 4 heteroatoms. The molecule has 6 aromatic rings. The molecular formula is C34H24N2OSe. The summed E-state index contributed by atoms with van der Waals surface area (Å²) in [6.07, 6.45) is 3.76. The van der Waals surface area contributed by atoms with Gasteiger partial charge in [0.2, 0.25) is 0 Å². The second kappa shape index (κ2) is 9.25. The van der Waals surface area contributed by atoms with Crippen LogP contribution >= 0.6 is 0 Å². The van der Waals surface area contributed by atoms with Crippen LogP contribution in [0.3, 0.4) is 0 Å². The van der Waals surface area contributed by atoms with E-state index in [1.54, 1.807) is 0 Å². The molecule has 3 heterocycles. The fourth-order valence-electron chi connectivity index (χ4n) is 5.26. The molecule has 4 aromatic carbocycles. The van der Waals surface area contributed by atoms with Gasteiger partial charge in [0.1, 0.15) is 0 Å². The summed E-state index contributed by atoms with van der Waals surface area (Å²) >= 11 is 0.158. The van der Waals surface area contributed by atoms with Crippen LogP contribution in [0.1, 0.15) is 11.1 Å². The molecule has 0 atom stereocenters. The van der Waals surface area contributed by atoms with Crippen molar-refractivity contribution in [3.05, 3.63) is 121 Å². The van der Waals surface area contributed by atoms with Crippen molar-refractivity contribution in [2.75, 3.05) is 0 Å². The number of hydrogen-bond acceptors (Lipinski definition) is 3. The fraction of sp³-hybridized carbons (Fsp3) is 0.0588. The molecule has 0 N–H and O–H groups in total. The molecule has 0 bridgehead atoms. The molecule has 1 aliphatic rings. The van der Waals surface area contributed by atoms with E-state index in [1.807, 2.05) is 30.6 Å². The summed E-state index contributed by atoms with van der Waals surface area (Å²) in [6.45, 7) is 4.20. The van der Waals surface area contributed by atoms with Crippen LogP contribution in [0, 0.1) is 13.8 Å². The van der Waals surface area contributed by atoms with E-state index in [1.165, 1.54) is 30.8 Å². The van der Waals surface area contributed by atoms with Crippen LogP contribution in [-0.2, 0) is 0 Å². The Morgan fingerprint density at radius 3 is 2.18 bits per heavy atom. The van der Waals surface area contributed by atoms with Crippen molar-refractivity contribution < 1.29 is 4.74 Å². The van der Waals surface area contributed by atoms with E-state index in [0.29, 0.717) is 0 Å². The van der Waals surface area contributed by atoms with E-state index in [0.717, 1.165) is 45.1 Å². The molecule has 1 aliphatic heterocycles. The standard InChI is InChI=1S/C34H24N2OSe/c1-21-15-24(30-10-3-4-13-35-30)19-26(17-21)37-27-18-22(2)16-25(20-27)33-34-29(12-14-36-33)28-9-5-7-23-8-6-11-31(38-34)32(23)28/h3-20H,1-2H3. The third-order valence-electron chi connectivity index (χ3n) is 6.84. The number of aryl methyl sites for hydroxylation is 2. The first-order chi connectivity index (χ1) is 18.6. The van der Waals surface area contributed by atoms with Crippen molar-refractivity contribution in [2.45, 2.75) is 13.8 Å². The van der Waals surface area contributed by atoms with Crippen molar-refractivity contribution in [3.8, 4) is 45.1 Å². The Morgan fingerprint density at radius 1 is 0.632 bits per heavy atom. The Hall–Kier alpha value is -4.24. The van der Waals surface area contributed by atoms with Gasteiger partial charge in [-0.2, -0.15) is 0 Å². The van der Waals surface area contributed by atoms with Gasteiger partial charge in [0, 0.05) is 0 Å². The van der Waals surface area contributed by atoms with Gasteiger partial charge >= 0.3 is 223 Å². The van der Waals surface area contributed by atoms with Crippen molar-refractivity contribution in [1.82, 2.24) is 9.97 Å². The van der Waals surface area contributed by atoms with Gasteiger partial charge in [-0.15, -0.1) is 0 Å². The zero-order chi connectivity index (χ0) is 25.6. The Labute approximate surface area is 228 Å². The Kier molecular flexibility index (Phi) is 5.58. The predicted octanol–water partition coefficient (Wildman–Crippen LogP) is 7.01. The minimum absolute atomic E-state index is 0.158. The third-order valence-corrected chi connectivity index (χ3v) is 9.32. The van der Waals surface area contributed by atoms with Gasteiger partial charge in [-0.3, -0.25) is 0 Å². The summed E-state index contributed by atoms with van der Waals surface area (Å²) in [5.41, 5.74) is 8.97. The van der Waals surface area contributed by atoms with Gasteiger partial charge < -0.3 is 0 Å². The molecule has 0 unspecified atom stereocenters. The summed E-state index contributed by atoms with van der Waals surface area (Å²) in [5, 5.41) is 2.69. The molecule has 0 spiro atoms.